The van der Waals surface area contributed by atoms with Crippen LogP contribution in [-0.2, 0) is 4.74 Å². The number of carbonyl (C=O) groups is 1. The predicted molar refractivity (Wildman–Crippen MR) is 97.4 cm³/mol. The number of para-hydroxylation sites is 1. The van der Waals surface area contributed by atoms with Gasteiger partial charge in [-0.1, -0.05) is 12.1 Å². The largest absolute Gasteiger partial charge is 0.462 e. The maximum atomic E-state index is 12.1. The summed E-state index contributed by atoms with van der Waals surface area (Å²) >= 11 is 0. The summed E-state index contributed by atoms with van der Waals surface area (Å²) in [6.07, 6.45) is 1.73. The first-order valence-electron chi connectivity index (χ1n) is 8.47. The molecule has 1 fully saturated rings. The Balaban J connectivity index is 1.78. The van der Waals surface area contributed by atoms with Gasteiger partial charge in [0, 0.05) is 32.4 Å². The fourth-order valence-electron chi connectivity index (χ4n) is 2.72. The van der Waals surface area contributed by atoms with Crippen LogP contribution in [0, 0.1) is 0 Å². The summed E-state index contributed by atoms with van der Waals surface area (Å²) in [7, 11) is 2.12. The summed E-state index contributed by atoms with van der Waals surface area (Å²) in [4.78, 5) is 25.5. The Hall–Kier alpha value is -2.67. The fourth-order valence-corrected chi connectivity index (χ4v) is 2.72. The van der Waals surface area contributed by atoms with Crippen molar-refractivity contribution < 1.29 is 9.53 Å². The summed E-state index contributed by atoms with van der Waals surface area (Å²) in [6, 6.07) is 9.12. The number of rotatable bonds is 5. The molecule has 0 amide bonds. The Morgan fingerprint density at radius 3 is 2.72 bits per heavy atom. The molecule has 2 aromatic rings. The maximum absolute atomic E-state index is 12.1. The van der Waals surface area contributed by atoms with Gasteiger partial charge in [0.15, 0.2) is 0 Å². The van der Waals surface area contributed by atoms with E-state index in [-0.39, 0.29) is 5.97 Å². The molecule has 1 aromatic carbocycles. The molecule has 0 bridgehead atoms. The minimum Gasteiger partial charge on any atom is -0.462 e. The molecule has 1 aliphatic heterocycles. The average Bonchev–Trinajstić information content (AvgIpc) is 2.63. The van der Waals surface area contributed by atoms with E-state index >= 15 is 0 Å². The van der Waals surface area contributed by atoms with Crippen molar-refractivity contribution in [3.63, 3.8) is 0 Å². The zero-order valence-electron chi connectivity index (χ0n) is 14.6. The van der Waals surface area contributed by atoms with Crippen molar-refractivity contribution in [3.05, 3.63) is 42.1 Å². The molecule has 3 rings (SSSR count). The molecule has 7 nitrogen and oxygen atoms in total. The highest BCUT2D eigenvalue weighted by Crippen LogP contribution is 2.21. The quantitative estimate of drug-likeness (QED) is 0.836. The van der Waals surface area contributed by atoms with E-state index in [1.165, 1.54) is 0 Å². The highest BCUT2D eigenvalue weighted by molar-refractivity contribution is 5.96. The fraction of sp³-hybridized carbons (Fsp3) is 0.389. The van der Waals surface area contributed by atoms with Gasteiger partial charge in [-0.2, -0.15) is 4.98 Å². The number of piperazine rings is 1. The minimum absolute atomic E-state index is 0.336. The molecule has 0 aliphatic carbocycles. The molecule has 7 heteroatoms. The predicted octanol–water partition coefficient (Wildman–Crippen LogP) is 2.15. The number of carbonyl (C=O) groups excluding carboxylic acids is 1. The summed E-state index contributed by atoms with van der Waals surface area (Å²) < 4.78 is 5.10. The first kappa shape index (κ1) is 17.2. The standard InChI is InChI=1S/C18H23N5O2/c1-3-25-17(24)14-6-4-5-7-15(14)20-18-19-9-8-16(21-18)23-12-10-22(2)11-13-23/h4-9H,3,10-13H2,1-2H3,(H,19,20,21). The molecule has 2 heterocycles. The van der Waals surface area contributed by atoms with Crippen molar-refractivity contribution in [1.82, 2.24) is 14.9 Å². The van der Waals surface area contributed by atoms with Crippen LogP contribution in [0.5, 0.6) is 0 Å². The van der Waals surface area contributed by atoms with Crippen LogP contribution in [0.15, 0.2) is 36.5 Å². The molecule has 1 N–H and O–H groups in total. The third-order valence-electron chi connectivity index (χ3n) is 4.14. The monoisotopic (exact) mass is 341 g/mol. The van der Waals surface area contributed by atoms with Crippen LogP contribution in [0.2, 0.25) is 0 Å². The molecule has 0 radical (unpaired) electrons. The number of hydrogen-bond acceptors (Lipinski definition) is 7. The number of nitrogens with zero attached hydrogens (tertiary/aromatic N) is 4. The van der Waals surface area contributed by atoms with Gasteiger partial charge < -0.3 is 19.9 Å². The van der Waals surface area contributed by atoms with Gasteiger partial charge in [0.25, 0.3) is 0 Å². The van der Waals surface area contributed by atoms with Gasteiger partial charge in [-0.05, 0) is 32.2 Å². The van der Waals surface area contributed by atoms with E-state index in [4.69, 9.17) is 4.74 Å². The molecule has 0 unspecified atom stereocenters. The lowest BCUT2D eigenvalue weighted by Gasteiger charge is -2.33. The van der Waals surface area contributed by atoms with Crippen LogP contribution >= 0.6 is 0 Å². The number of anilines is 3. The number of benzene rings is 1. The molecule has 0 atom stereocenters. The van der Waals surface area contributed by atoms with Gasteiger partial charge in [0.05, 0.1) is 17.9 Å². The Bertz CT molecular complexity index is 729. The Morgan fingerprint density at radius 1 is 1.20 bits per heavy atom. The molecule has 0 saturated carbocycles. The summed E-state index contributed by atoms with van der Waals surface area (Å²) in [6.45, 7) is 6.02. The Kier molecular flexibility index (Phi) is 5.45. The average molecular weight is 341 g/mol. The lowest BCUT2D eigenvalue weighted by Crippen LogP contribution is -2.44. The second-order valence-corrected chi connectivity index (χ2v) is 5.92. The van der Waals surface area contributed by atoms with E-state index in [1.807, 2.05) is 18.2 Å². The lowest BCUT2D eigenvalue weighted by atomic mass is 10.2. The van der Waals surface area contributed by atoms with Crippen LogP contribution in [-0.4, -0.2) is 60.7 Å². The number of esters is 1. The second-order valence-electron chi connectivity index (χ2n) is 5.92. The van der Waals surface area contributed by atoms with Crippen LogP contribution in [0.4, 0.5) is 17.5 Å². The number of likely N-dealkylation sites (N-methyl/N-ethyl adjacent to an activating group) is 1. The van der Waals surface area contributed by atoms with Gasteiger partial charge in [0.2, 0.25) is 5.95 Å². The SMILES string of the molecule is CCOC(=O)c1ccccc1Nc1nccc(N2CCN(C)CC2)n1. The van der Waals surface area contributed by atoms with Gasteiger partial charge in [-0.25, -0.2) is 9.78 Å². The molecule has 1 aliphatic rings. The Labute approximate surface area is 147 Å². The van der Waals surface area contributed by atoms with Gasteiger partial charge in [-0.3, -0.25) is 0 Å². The molecule has 25 heavy (non-hydrogen) atoms. The van der Waals surface area contributed by atoms with E-state index < -0.39 is 0 Å². The normalized spacial score (nSPS) is 15.0. The van der Waals surface area contributed by atoms with Crippen molar-refractivity contribution in [2.75, 3.05) is 50.1 Å². The van der Waals surface area contributed by atoms with Crippen LogP contribution in [0.1, 0.15) is 17.3 Å². The van der Waals surface area contributed by atoms with Gasteiger partial charge >= 0.3 is 5.97 Å². The number of aromatic nitrogens is 2. The number of nitrogens with one attached hydrogen (secondary N) is 1. The smallest absolute Gasteiger partial charge is 0.340 e. The second kappa shape index (κ2) is 7.94. The third kappa shape index (κ3) is 4.24. The number of ether oxygens (including phenoxy) is 1. The topological polar surface area (TPSA) is 70.6 Å². The van der Waals surface area contributed by atoms with E-state index in [0.29, 0.717) is 23.8 Å². The van der Waals surface area contributed by atoms with Crippen LogP contribution < -0.4 is 10.2 Å². The van der Waals surface area contributed by atoms with Gasteiger partial charge in [-0.15, -0.1) is 0 Å². The molecule has 1 saturated heterocycles. The highest BCUT2D eigenvalue weighted by atomic mass is 16.5. The zero-order valence-corrected chi connectivity index (χ0v) is 14.6. The van der Waals surface area contributed by atoms with E-state index in [0.717, 1.165) is 32.0 Å². The van der Waals surface area contributed by atoms with E-state index in [2.05, 4.69) is 32.1 Å². The minimum atomic E-state index is -0.360. The lowest BCUT2D eigenvalue weighted by molar-refractivity contribution is 0.0527. The molecular weight excluding hydrogens is 318 g/mol. The van der Waals surface area contributed by atoms with E-state index in [1.54, 1.807) is 25.3 Å². The van der Waals surface area contributed by atoms with Gasteiger partial charge in [0.1, 0.15) is 5.82 Å². The van der Waals surface area contributed by atoms with Crippen LogP contribution in [0.25, 0.3) is 0 Å². The Morgan fingerprint density at radius 2 is 1.96 bits per heavy atom. The first-order chi connectivity index (χ1) is 12.2. The van der Waals surface area contributed by atoms with Crippen molar-refractivity contribution in [1.29, 1.82) is 0 Å². The highest BCUT2D eigenvalue weighted by Gasteiger charge is 2.17. The first-order valence-corrected chi connectivity index (χ1v) is 8.47. The van der Waals surface area contributed by atoms with Crippen molar-refractivity contribution in [3.8, 4) is 0 Å². The van der Waals surface area contributed by atoms with Crippen molar-refractivity contribution in [2.45, 2.75) is 6.92 Å². The summed E-state index contributed by atoms with van der Waals surface area (Å²) in [5.74, 6) is 0.994. The van der Waals surface area contributed by atoms with E-state index in [9.17, 15) is 4.79 Å². The number of hydrogen-bond donors (Lipinski definition) is 1. The maximum Gasteiger partial charge on any atom is 0.340 e. The van der Waals surface area contributed by atoms with Crippen molar-refractivity contribution in [2.24, 2.45) is 0 Å². The van der Waals surface area contributed by atoms with Crippen LogP contribution in [0.3, 0.4) is 0 Å². The third-order valence-corrected chi connectivity index (χ3v) is 4.14. The summed E-state index contributed by atoms with van der Waals surface area (Å²) in [5, 5.41) is 3.14. The molecule has 132 valence electrons. The zero-order chi connectivity index (χ0) is 17.6. The summed E-state index contributed by atoms with van der Waals surface area (Å²) in [5.41, 5.74) is 1.11. The molecule has 0 spiro atoms. The molecule has 1 aromatic heterocycles. The molecular formula is C18H23N5O2. The van der Waals surface area contributed by atoms with Crippen molar-refractivity contribution >= 4 is 23.4 Å².